The van der Waals surface area contributed by atoms with Gasteiger partial charge in [0.1, 0.15) is 5.75 Å². The fraction of sp³-hybridized carbons (Fsp3) is 0.0588. The molecule has 10 heteroatoms. The molecule has 0 aromatic heterocycles. The van der Waals surface area contributed by atoms with E-state index in [-0.39, 0.29) is 10.6 Å². The summed E-state index contributed by atoms with van der Waals surface area (Å²) < 4.78 is 63.7. The average molecular weight is 409 g/mol. The van der Waals surface area contributed by atoms with E-state index in [1.165, 1.54) is 30.3 Å². The summed E-state index contributed by atoms with van der Waals surface area (Å²) in [6.07, 6.45) is 0. The molecule has 0 saturated heterocycles. The molecule has 0 bridgehead atoms. The second-order valence-electron chi connectivity index (χ2n) is 5.93. The van der Waals surface area contributed by atoms with Gasteiger partial charge in [-0.05, 0) is 48.2 Å². The summed E-state index contributed by atoms with van der Waals surface area (Å²) >= 11 is 0. The van der Waals surface area contributed by atoms with Gasteiger partial charge in [0.25, 0.3) is 20.2 Å². The zero-order valence-electron chi connectivity index (χ0n) is 13.9. The minimum absolute atomic E-state index is 0.228. The number of anilines is 2. The van der Waals surface area contributed by atoms with Crippen LogP contribution in [-0.2, 0) is 20.2 Å². The van der Waals surface area contributed by atoms with Crippen LogP contribution >= 0.6 is 0 Å². The van der Waals surface area contributed by atoms with E-state index in [1.54, 1.807) is 19.1 Å². The summed E-state index contributed by atoms with van der Waals surface area (Å²) in [6, 6.07) is 11.2. The van der Waals surface area contributed by atoms with E-state index in [2.05, 4.69) is 5.32 Å². The van der Waals surface area contributed by atoms with E-state index in [4.69, 9.17) is 4.55 Å². The highest BCUT2D eigenvalue weighted by Gasteiger charge is 2.15. The molecule has 0 amide bonds. The maximum Gasteiger partial charge on any atom is 0.294 e. The highest BCUT2D eigenvalue weighted by molar-refractivity contribution is 7.86. The van der Waals surface area contributed by atoms with Crippen molar-refractivity contribution in [2.45, 2.75) is 16.7 Å². The Morgan fingerprint density at radius 1 is 0.815 bits per heavy atom. The normalized spacial score (nSPS) is 12.3. The summed E-state index contributed by atoms with van der Waals surface area (Å²) in [7, 11) is -8.82. The predicted octanol–water partition coefficient (Wildman–Crippen LogP) is 3.09. The fourth-order valence-corrected chi connectivity index (χ4v) is 3.95. The first-order chi connectivity index (χ1) is 12.4. The van der Waals surface area contributed by atoms with Gasteiger partial charge in [0.15, 0.2) is 0 Å². The molecule has 0 aliphatic heterocycles. The van der Waals surface area contributed by atoms with Crippen molar-refractivity contribution in [1.82, 2.24) is 0 Å². The van der Waals surface area contributed by atoms with Crippen LogP contribution in [0.3, 0.4) is 0 Å². The summed E-state index contributed by atoms with van der Waals surface area (Å²) in [4.78, 5) is -0.654. The zero-order chi connectivity index (χ0) is 20.0. The van der Waals surface area contributed by atoms with Crippen LogP contribution in [0.15, 0.2) is 58.3 Å². The molecule has 0 fully saturated rings. The van der Waals surface area contributed by atoms with Crippen LogP contribution in [0.25, 0.3) is 10.8 Å². The van der Waals surface area contributed by atoms with Gasteiger partial charge in [-0.25, -0.2) is 0 Å². The molecule has 8 nitrogen and oxygen atoms in total. The van der Waals surface area contributed by atoms with Gasteiger partial charge >= 0.3 is 0 Å². The minimum Gasteiger partial charge on any atom is -0.507 e. The lowest BCUT2D eigenvalue weighted by Crippen LogP contribution is -2.02. The van der Waals surface area contributed by atoms with Gasteiger partial charge in [0.2, 0.25) is 0 Å². The molecule has 4 N–H and O–H groups in total. The molecule has 0 atom stereocenters. The van der Waals surface area contributed by atoms with E-state index in [9.17, 15) is 26.5 Å². The minimum atomic E-state index is -4.45. The molecule has 142 valence electrons. The quantitative estimate of drug-likeness (QED) is 0.482. The van der Waals surface area contributed by atoms with Crippen LogP contribution in [0, 0.1) is 6.92 Å². The SMILES string of the molecule is Cc1ccc(Nc2ccc3cc(S(=O)(=O)O)cc(O)c3c2)cc1S(=O)(=O)O. The Labute approximate surface area is 155 Å². The summed E-state index contributed by atoms with van der Waals surface area (Å²) in [6.45, 7) is 1.55. The van der Waals surface area contributed by atoms with Crippen molar-refractivity contribution in [3.05, 3.63) is 54.1 Å². The lowest BCUT2D eigenvalue weighted by Gasteiger charge is -2.11. The number of fused-ring (bicyclic) bond motifs is 1. The number of phenolic OH excluding ortho intramolecular Hbond substituents is 1. The molecular weight excluding hydrogens is 394 g/mol. The van der Waals surface area contributed by atoms with Gasteiger partial charge in [-0.15, -0.1) is 0 Å². The highest BCUT2D eigenvalue weighted by atomic mass is 32.2. The smallest absolute Gasteiger partial charge is 0.294 e. The first kappa shape index (κ1) is 19.1. The van der Waals surface area contributed by atoms with Gasteiger partial charge in [0.05, 0.1) is 9.79 Å². The van der Waals surface area contributed by atoms with Crippen molar-refractivity contribution in [2.24, 2.45) is 0 Å². The predicted molar refractivity (Wildman–Crippen MR) is 99.7 cm³/mol. The molecule has 0 heterocycles. The van der Waals surface area contributed by atoms with Crippen molar-refractivity contribution in [3.8, 4) is 5.75 Å². The maximum atomic E-state index is 11.4. The van der Waals surface area contributed by atoms with Crippen LogP contribution in [-0.4, -0.2) is 31.0 Å². The second kappa shape index (κ2) is 6.50. The molecule has 0 aliphatic carbocycles. The van der Waals surface area contributed by atoms with E-state index < -0.39 is 25.1 Å². The Hall–Kier alpha value is -2.66. The number of phenols is 1. The van der Waals surface area contributed by atoms with Crippen molar-refractivity contribution >= 4 is 42.4 Å². The average Bonchev–Trinajstić information content (AvgIpc) is 2.55. The summed E-state index contributed by atoms with van der Waals surface area (Å²) in [5, 5.41) is 13.7. The van der Waals surface area contributed by atoms with E-state index in [0.29, 0.717) is 27.7 Å². The number of nitrogens with one attached hydrogen (secondary N) is 1. The molecule has 0 radical (unpaired) electrons. The van der Waals surface area contributed by atoms with Gasteiger partial charge in [-0.1, -0.05) is 12.1 Å². The topological polar surface area (TPSA) is 141 Å². The second-order valence-corrected chi connectivity index (χ2v) is 8.75. The van der Waals surface area contributed by atoms with E-state index in [0.717, 1.165) is 6.07 Å². The molecular formula is C17H15NO7S2. The highest BCUT2D eigenvalue weighted by Crippen LogP contribution is 2.32. The number of aromatic hydroxyl groups is 1. The third-order valence-corrected chi connectivity index (χ3v) is 5.79. The molecule has 27 heavy (non-hydrogen) atoms. The number of aryl methyl sites for hydroxylation is 1. The Morgan fingerprint density at radius 2 is 1.44 bits per heavy atom. The van der Waals surface area contributed by atoms with Crippen molar-refractivity contribution in [1.29, 1.82) is 0 Å². The first-order valence-electron chi connectivity index (χ1n) is 7.54. The maximum absolute atomic E-state index is 11.4. The summed E-state index contributed by atoms with van der Waals surface area (Å²) in [5.74, 6) is -0.341. The third-order valence-electron chi connectivity index (χ3n) is 3.96. The number of hydrogen-bond acceptors (Lipinski definition) is 6. The Balaban J connectivity index is 2.03. The Morgan fingerprint density at radius 3 is 2.07 bits per heavy atom. The third kappa shape index (κ3) is 4.03. The number of hydrogen-bond donors (Lipinski definition) is 4. The molecule has 3 rings (SSSR count). The van der Waals surface area contributed by atoms with Crippen LogP contribution < -0.4 is 5.32 Å². The standard InChI is InChI=1S/C17H15NO7S2/c1-10-2-4-13(8-17(10)27(23,24)25)18-12-5-3-11-6-14(26(20,21)22)9-16(19)15(11)7-12/h2-9,18-19H,1H3,(H,20,21,22)(H,23,24,25). The number of rotatable bonds is 4. The monoisotopic (exact) mass is 409 g/mol. The molecule has 0 aliphatic rings. The Bertz CT molecular complexity index is 1270. The first-order valence-corrected chi connectivity index (χ1v) is 10.4. The van der Waals surface area contributed by atoms with Gasteiger partial charge < -0.3 is 10.4 Å². The van der Waals surface area contributed by atoms with Crippen molar-refractivity contribution < 1.29 is 31.0 Å². The van der Waals surface area contributed by atoms with Gasteiger partial charge in [-0.3, -0.25) is 9.11 Å². The van der Waals surface area contributed by atoms with Crippen LogP contribution in [0.2, 0.25) is 0 Å². The lowest BCUT2D eigenvalue weighted by molar-refractivity contribution is 0.471. The summed E-state index contributed by atoms with van der Waals surface area (Å²) in [5.41, 5.74) is 1.26. The van der Waals surface area contributed by atoms with E-state index in [1.807, 2.05) is 0 Å². The lowest BCUT2D eigenvalue weighted by atomic mass is 10.1. The largest absolute Gasteiger partial charge is 0.507 e. The molecule has 3 aromatic rings. The van der Waals surface area contributed by atoms with Crippen LogP contribution in [0.4, 0.5) is 11.4 Å². The van der Waals surface area contributed by atoms with Crippen LogP contribution in [0.5, 0.6) is 5.75 Å². The van der Waals surface area contributed by atoms with Crippen molar-refractivity contribution in [3.63, 3.8) is 0 Å². The van der Waals surface area contributed by atoms with E-state index >= 15 is 0 Å². The Kier molecular flexibility index (Phi) is 4.60. The molecule has 0 spiro atoms. The fourth-order valence-electron chi connectivity index (χ4n) is 2.66. The zero-order valence-corrected chi connectivity index (χ0v) is 15.5. The van der Waals surface area contributed by atoms with Crippen LogP contribution in [0.1, 0.15) is 5.56 Å². The van der Waals surface area contributed by atoms with Gasteiger partial charge in [0, 0.05) is 22.8 Å². The van der Waals surface area contributed by atoms with Crippen molar-refractivity contribution in [2.75, 3.05) is 5.32 Å². The number of benzene rings is 3. The molecule has 0 saturated carbocycles. The molecule has 0 unspecified atom stereocenters. The molecule has 3 aromatic carbocycles. The van der Waals surface area contributed by atoms with Gasteiger partial charge in [-0.2, -0.15) is 16.8 Å².